The maximum Gasteiger partial charge on any atom is 1.00 e. The molecule has 1 heterocycles. The SMILES string of the molecule is O=c1cc(-c2cc[c-]cc2)oc2cc(O)cc([O-])c12.[K+].[K+].[OH-]. The molecular weight excluding hydrogens is 338 g/mol. The van der Waals surface area contributed by atoms with Crippen molar-refractivity contribution < 1.29 is 123 Å². The Balaban J connectivity index is 0.00000147. The van der Waals surface area contributed by atoms with Crippen LogP contribution in [0.25, 0.3) is 22.3 Å². The van der Waals surface area contributed by atoms with Gasteiger partial charge in [0.2, 0.25) is 0 Å². The zero-order valence-electron chi connectivity index (χ0n) is 12.2. The fraction of sp³-hybridized carbons (Fsp3) is 0. The molecule has 0 saturated carbocycles. The van der Waals surface area contributed by atoms with Crippen LogP contribution in [0.2, 0.25) is 0 Å². The van der Waals surface area contributed by atoms with Crippen LogP contribution in [-0.4, -0.2) is 10.6 Å². The minimum absolute atomic E-state index is 0. The number of phenolic OH excluding ortho intramolecular Hbond substituents is 1. The topological polar surface area (TPSA) is 104 Å². The summed E-state index contributed by atoms with van der Waals surface area (Å²) in [6.45, 7) is 0. The number of aromatic hydroxyl groups is 1. The van der Waals surface area contributed by atoms with E-state index in [2.05, 4.69) is 6.07 Å². The average molecular weight is 347 g/mol. The van der Waals surface area contributed by atoms with Crippen molar-refractivity contribution in [3.63, 3.8) is 0 Å². The second-order valence-electron chi connectivity index (χ2n) is 4.08. The van der Waals surface area contributed by atoms with Gasteiger partial charge in [0.1, 0.15) is 17.1 Å². The molecule has 2 aromatic carbocycles. The molecule has 0 aliphatic heterocycles. The molecule has 0 fully saturated rings. The van der Waals surface area contributed by atoms with E-state index in [0.717, 1.165) is 6.07 Å². The molecule has 102 valence electrons. The third-order valence-electron chi connectivity index (χ3n) is 2.78. The maximum atomic E-state index is 12.0. The van der Waals surface area contributed by atoms with E-state index in [1.54, 1.807) is 24.3 Å². The fourth-order valence-corrected chi connectivity index (χ4v) is 1.93. The Morgan fingerprint density at radius 2 is 1.73 bits per heavy atom. The molecule has 0 saturated heterocycles. The van der Waals surface area contributed by atoms with Crippen LogP contribution in [0.15, 0.2) is 51.7 Å². The van der Waals surface area contributed by atoms with Gasteiger partial charge in [-0.3, -0.25) is 4.79 Å². The molecule has 3 aromatic rings. The molecule has 0 atom stereocenters. The molecule has 0 aliphatic carbocycles. The van der Waals surface area contributed by atoms with E-state index in [4.69, 9.17) is 4.42 Å². The number of hydrogen-bond acceptors (Lipinski definition) is 5. The molecule has 22 heavy (non-hydrogen) atoms. The monoisotopic (exact) mass is 347 g/mol. The Morgan fingerprint density at radius 1 is 1.09 bits per heavy atom. The molecule has 0 aliphatic rings. The number of rotatable bonds is 1. The third-order valence-corrected chi connectivity index (χ3v) is 2.78. The smallest absolute Gasteiger partial charge is 0.872 e. The normalized spacial score (nSPS) is 9.27. The Hall–Kier alpha value is 0.483. The van der Waals surface area contributed by atoms with E-state index < -0.39 is 11.2 Å². The van der Waals surface area contributed by atoms with Crippen LogP contribution in [0.1, 0.15) is 0 Å². The predicted molar refractivity (Wildman–Crippen MR) is 69.8 cm³/mol. The van der Waals surface area contributed by atoms with Crippen LogP contribution >= 0.6 is 0 Å². The molecule has 7 heteroatoms. The van der Waals surface area contributed by atoms with Crippen molar-refractivity contribution in [2.75, 3.05) is 0 Å². The number of phenols is 1. The summed E-state index contributed by atoms with van der Waals surface area (Å²) in [6.07, 6.45) is 0. The van der Waals surface area contributed by atoms with Crippen LogP contribution in [0, 0.1) is 6.07 Å². The van der Waals surface area contributed by atoms with E-state index in [0.29, 0.717) is 11.3 Å². The summed E-state index contributed by atoms with van der Waals surface area (Å²) in [7, 11) is 0. The van der Waals surface area contributed by atoms with Gasteiger partial charge in [-0.25, -0.2) is 0 Å². The molecule has 0 amide bonds. The first kappa shape index (κ1) is 22.5. The number of fused-ring (bicyclic) bond motifs is 1. The van der Waals surface area contributed by atoms with E-state index in [1.165, 1.54) is 12.1 Å². The van der Waals surface area contributed by atoms with Crippen molar-refractivity contribution in [2.45, 2.75) is 0 Å². The van der Waals surface area contributed by atoms with Gasteiger partial charge in [-0.05, 0) is 6.07 Å². The van der Waals surface area contributed by atoms with Crippen LogP contribution in [0.3, 0.4) is 0 Å². The maximum absolute atomic E-state index is 12.0. The summed E-state index contributed by atoms with van der Waals surface area (Å²) in [5.74, 6) is -0.424. The molecule has 1 aromatic heterocycles. The quantitative estimate of drug-likeness (QED) is 0.356. The Kier molecular flexibility index (Phi) is 9.91. The van der Waals surface area contributed by atoms with Crippen molar-refractivity contribution in [3.05, 3.63) is 58.8 Å². The summed E-state index contributed by atoms with van der Waals surface area (Å²) in [5, 5.41) is 21.0. The zero-order chi connectivity index (χ0) is 13.4. The summed E-state index contributed by atoms with van der Waals surface area (Å²) < 4.78 is 5.52. The predicted octanol–water partition coefficient (Wildman–Crippen LogP) is -4.13. The minimum Gasteiger partial charge on any atom is -0.872 e. The molecular formula is C15H9K2O5-. The zero-order valence-corrected chi connectivity index (χ0v) is 18.4. The molecule has 0 bridgehead atoms. The van der Waals surface area contributed by atoms with Crippen molar-refractivity contribution in [1.82, 2.24) is 0 Å². The summed E-state index contributed by atoms with van der Waals surface area (Å²) in [5.41, 5.74) is 0.364. The molecule has 2 N–H and O–H groups in total. The van der Waals surface area contributed by atoms with Crippen LogP contribution in [0.5, 0.6) is 11.5 Å². The van der Waals surface area contributed by atoms with E-state index in [1.807, 2.05) is 0 Å². The van der Waals surface area contributed by atoms with Crippen molar-refractivity contribution in [3.8, 4) is 22.8 Å². The van der Waals surface area contributed by atoms with Gasteiger partial charge in [-0.2, -0.15) is 30.3 Å². The van der Waals surface area contributed by atoms with Gasteiger partial charge in [0.25, 0.3) is 0 Å². The van der Waals surface area contributed by atoms with Gasteiger partial charge < -0.3 is 20.1 Å². The Bertz CT molecular complexity index is 815. The number of benzene rings is 2. The fourth-order valence-electron chi connectivity index (χ4n) is 1.93. The molecule has 0 unspecified atom stereocenters. The summed E-state index contributed by atoms with van der Waals surface area (Å²) in [6, 6.07) is 13.3. The van der Waals surface area contributed by atoms with Gasteiger partial charge in [-0.1, -0.05) is 11.3 Å². The summed E-state index contributed by atoms with van der Waals surface area (Å²) >= 11 is 0. The van der Waals surface area contributed by atoms with Crippen LogP contribution in [0.4, 0.5) is 0 Å². The van der Waals surface area contributed by atoms with Crippen molar-refractivity contribution in [2.24, 2.45) is 0 Å². The second kappa shape index (κ2) is 9.70. The van der Waals surface area contributed by atoms with Gasteiger partial charge in [0, 0.05) is 12.1 Å². The van der Waals surface area contributed by atoms with Gasteiger partial charge in [0.05, 0.1) is 5.39 Å². The first-order valence-corrected chi connectivity index (χ1v) is 5.59. The third kappa shape index (κ3) is 4.74. The van der Waals surface area contributed by atoms with Gasteiger partial charge in [-0.15, -0.1) is 0 Å². The average Bonchev–Trinajstić information content (AvgIpc) is 2.38. The largest absolute Gasteiger partial charge is 1.00 e. The van der Waals surface area contributed by atoms with Gasteiger partial charge >= 0.3 is 103 Å². The molecule has 3 rings (SSSR count). The first-order chi connectivity index (χ1) is 9.15. The first-order valence-electron chi connectivity index (χ1n) is 5.59. The molecule has 0 radical (unpaired) electrons. The van der Waals surface area contributed by atoms with E-state index in [-0.39, 0.29) is 125 Å². The van der Waals surface area contributed by atoms with E-state index >= 15 is 0 Å². The van der Waals surface area contributed by atoms with Crippen molar-refractivity contribution in [1.29, 1.82) is 0 Å². The Labute approximate surface area is 211 Å². The molecule has 0 spiro atoms. The van der Waals surface area contributed by atoms with E-state index in [9.17, 15) is 15.0 Å². The Morgan fingerprint density at radius 3 is 2.36 bits per heavy atom. The minimum atomic E-state index is -0.545. The summed E-state index contributed by atoms with van der Waals surface area (Å²) in [4.78, 5) is 12.0. The van der Waals surface area contributed by atoms with Crippen LogP contribution < -0.4 is 113 Å². The second-order valence-corrected chi connectivity index (χ2v) is 4.08. The van der Waals surface area contributed by atoms with Crippen LogP contribution in [-0.2, 0) is 0 Å². The molecule has 5 nitrogen and oxygen atoms in total. The van der Waals surface area contributed by atoms with Crippen molar-refractivity contribution >= 4 is 11.0 Å². The van der Waals surface area contributed by atoms with Gasteiger partial charge in [0.15, 0.2) is 5.43 Å². The number of hydrogen-bond donors (Lipinski definition) is 1. The standard InChI is InChI=1S/C15H9O4.2K.H2O/c16-10-6-11(17)15-12(18)8-13(19-14(15)7-10)9-4-2-1-3-5-9;;;/h2-8,16-17H;;;1H2/q-1;2*+1;/p-2.